The van der Waals surface area contributed by atoms with E-state index < -0.39 is 16.1 Å². The lowest BCUT2D eigenvalue weighted by atomic mass is 10.0. The zero-order chi connectivity index (χ0) is 20.3. The van der Waals surface area contributed by atoms with E-state index in [1.165, 1.54) is 0 Å². The van der Waals surface area contributed by atoms with Crippen LogP contribution in [0.4, 0.5) is 5.82 Å². The minimum absolute atomic E-state index is 0.248. The highest BCUT2D eigenvalue weighted by Crippen LogP contribution is 2.38. The van der Waals surface area contributed by atoms with Crippen LogP contribution in [0.25, 0.3) is 0 Å². The number of hydrogen-bond acceptors (Lipinski definition) is 5. The number of nitrogens with one attached hydrogen (secondary N) is 2. The molecule has 2 aromatic carbocycles. The highest BCUT2D eigenvalue weighted by Gasteiger charge is 2.28. The first-order valence-electron chi connectivity index (χ1n) is 9.73. The van der Waals surface area contributed by atoms with Crippen LogP contribution < -0.4 is 10.0 Å². The zero-order valence-corrected chi connectivity index (χ0v) is 17.1. The van der Waals surface area contributed by atoms with Gasteiger partial charge < -0.3 is 5.32 Å². The number of nitrogens with zero attached hydrogens (tertiary/aromatic N) is 2. The van der Waals surface area contributed by atoms with Gasteiger partial charge in [0.15, 0.2) is 0 Å². The summed E-state index contributed by atoms with van der Waals surface area (Å²) in [5, 5.41) is 3.09. The molecule has 0 radical (unpaired) electrons. The van der Waals surface area contributed by atoms with Crippen molar-refractivity contribution in [3.05, 3.63) is 83.8 Å². The number of benzene rings is 2. The summed E-state index contributed by atoms with van der Waals surface area (Å²) in [5.41, 5.74) is 1.71. The molecule has 1 aromatic heterocycles. The summed E-state index contributed by atoms with van der Waals surface area (Å²) < 4.78 is 28.8. The molecule has 1 heterocycles. The van der Waals surface area contributed by atoms with E-state index in [4.69, 9.17) is 4.98 Å². The highest BCUT2D eigenvalue weighted by atomic mass is 32.2. The van der Waals surface area contributed by atoms with Crippen LogP contribution in [0.5, 0.6) is 0 Å². The van der Waals surface area contributed by atoms with Crippen LogP contribution in [0.2, 0.25) is 0 Å². The number of hydrogen-bond donors (Lipinski definition) is 2. The molecule has 4 rings (SSSR count). The van der Waals surface area contributed by atoms with Crippen molar-refractivity contribution in [3.63, 3.8) is 0 Å². The van der Waals surface area contributed by atoms with Gasteiger partial charge in [0.05, 0.1) is 10.9 Å². The largest absolute Gasteiger partial charge is 0.373 e. The van der Waals surface area contributed by atoms with Gasteiger partial charge in [0, 0.05) is 31.1 Å². The van der Waals surface area contributed by atoms with Crippen molar-refractivity contribution >= 4 is 15.8 Å². The quantitative estimate of drug-likeness (QED) is 0.594. The lowest BCUT2D eigenvalue weighted by Crippen LogP contribution is -2.30. The Morgan fingerprint density at radius 2 is 1.66 bits per heavy atom. The average Bonchev–Trinajstić information content (AvgIpc) is 3.60. The van der Waals surface area contributed by atoms with Gasteiger partial charge in [-0.05, 0) is 30.5 Å². The van der Waals surface area contributed by atoms with Crippen LogP contribution in [0.1, 0.15) is 41.9 Å². The first kappa shape index (κ1) is 19.5. The van der Waals surface area contributed by atoms with Crippen LogP contribution >= 0.6 is 0 Å². The maximum absolute atomic E-state index is 13.0. The third-order valence-electron chi connectivity index (χ3n) is 4.96. The van der Waals surface area contributed by atoms with Crippen LogP contribution in [-0.2, 0) is 16.4 Å². The molecule has 150 valence electrons. The fourth-order valence-corrected chi connectivity index (χ4v) is 4.50. The fraction of sp³-hybridized carbons (Fsp3) is 0.273. The van der Waals surface area contributed by atoms with E-state index in [0.717, 1.165) is 35.7 Å². The Morgan fingerprint density at radius 1 is 1.00 bits per heavy atom. The lowest BCUT2D eigenvalue weighted by Gasteiger charge is -2.20. The maximum atomic E-state index is 13.0. The Balaban J connectivity index is 1.66. The fourth-order valence-electron chi connectivity index (χ4n) is 3.25. The van der Waals surface area contributed by atoms with Gasteiger partial charge >= 0.3 is 0 Å². The first-order valence-corrected chi connectivity index (χ1v) is 11.2. The molecule has 6 nitrogen and oxygen atoms in total. The van der Waals surface area contributed by atoms with E-state index in [9.17, 15) is 8.42 Å². The van der Waals surface area contributed by atoms with Crippen molar-refractivity contribution in [2.75, 3.05) is 12.4 Å². The lowest BCUT2D eigenvalue weighted by molar-refractivity contribution is 0.552. The molecule has 0 bridgehead atoms. The first-order chi connectivity index (χ1) is 14.0. The molecule has 0 saturated heterocycles. The van der Waals surface area contributed by atoms with Crippen LogP contribution in [-0.4, -0.2) is 25.4 Å². The van der Waals surface area contributed by atoms with Crippen LogP contribution in [0, 0.1) is 0 Å². The Morgan fingerprint density at radius 3 is 2.28 bits per heavy atom. The molecule has 1 fully saturated rings. The summed E-state index contributed by atoms with van der Waals surface area (Å²) >= 11 is 0. The van der Waals surface area contributed by atoms with Crippen molar-refractivity contribution in [2.24, 2.45) is 0 Å². The van der Waals surface area contributed by atoms with E-state index in [1.807, 2.05) is 43.4 Å². The highest BCUT2D eigenvalue weighted by molar-refractivity contribution is 7.89. The zero-order valence-electron chi connectivity index (χ0n) is 16.2. The van der Waals surface area contributed by atoms with Crippen molar-refractivity contribution < 1.29 is 8.42 Å². The third-order valence-corrected chi connectivity index (χ3v) is 6.45. The van der Waals surface area contributed by atoms with Crippen molar-refractivity contribution in [1.82, 2.24) is 14.7 Å². The van der Waals surface area contributed by atoms with Gasteiger partial charge in [-0.2, -0.15) is 0 Å². The van der Waals surface area contributed by atoms with Crippen LogP contribution in [0.3, 0.4) is 0 Å². The summed E-state index contributed by atoms with van der Waals surface area (Å²) in [6.07, 6.45) is 2.65. The van der Waals surface area contributed by atoms with Crippen molar-refractivity contribution in [3.8, 4) is 0 Å². The van der Waals surface area contributed by atoms with Crippen LogP contribution in [0.15, 0.2) is 71.6 Å². The van der Waals surface area contributed by atoms with E-state index in [2.05, 4.69) is 15.0 Å². The number of sulfonamides is 1. The molecule has 2 N–H and O–H groups in total. The number of anilines is 1. The molecular weight excluding hydrogens is 384 g/mol. The normalized spacial score (nSPS) is 15.1. The molecule has 1 aliphatic carbocycles. The average molecular weight is 409 g/mol. The molecule has 0 aliphatic heterocycles. The van der Waals surface area contributed by atoms with Gasteiger partial charge in [0.2, 0.25) is 10.0 Å². The summed E-state index contributed by atoms with van der Waals surface area (Å²) in [4.78, 5) is 9.53. The minimum atomic E-state index is -3.67. The predicted molar refractivity (Wildman–Crippen MR) is 113 cm³/mol. The molecule has 29 heavy (non-hydrogen) atoms. The molecule has 0 spiro atoms. The van der Waals surface area contributed by atoms with Crippen molar-refractivity contribution in [2.45, 2.75) is 36.1 Å². The smallest absolute Gasteiger partial charge is 0.241 e. The third kappa shape index (κ3) is 4.81. The summed E-state index contributed by atoms with van der Waals surface area (Å²) in [6, 6.07) is 19.5. The minimum Gasteiger partial charge on any atom is -0.373 e. The SMILES string of the molecule is CNc1cc(C[C@@H](NS(=O)(=O)c2ccccc2)c2ccccc2)nc(C2CC2)n1. The molecule has 1 aliphatic rings. The molecule has 0 unspecified atom stereocenters. The van der Waals surface area contributed by atoms with Crippen molar-refractivity contribution in [1.29, 1.82) is 0 Å². The van der Waals surface area contributed by atoms with Gasteiger partial charge in [-0.3, -0.25) is 0 Å². The van der Waals surface area contributed by atoms with E-state index in [-0.39, 0.29) is 4.90 Å². The summed E-state index contributed by atoms with van der Waals surface area (Å²) in [6.45, 7) is 0. The van der Waals surface area contributed by atoms with Gasteiger partial charge in [0.1, 0.15) is 11.6 Å². The number of aromatic nitrogens is 2. The Kier molecular flexibility index (Phi) is 5.60. The second-order valence-electron chi connectivity index (χ2n) is 7.23. The molecular formula is C22H24N4O2S. The number of rotatable bonds is 8. The van der Waals surface area contributed by atoms with E-state index >= 15 is 0 Å². The van der Waals surface area contributed by atoms with Gasteiger partial charge in [-0.15, -0.1) is 0 Å². The van der Waals surface area contributed by atoms with Gasteiger partial charge in [0.25, 0.3) is 0 Å². The van der Waals surface area contributed by atoms with Gasteiger partial charge in [-0.25, -0.2) is 23.1 Å². The maximum Gasteiger partial charge on any atom is 0.241 e. The topological polar surface area (TPSA) is 84.0 Å². The predicted octanol–water partition coefficient (Wildman–Crippen LogP) is 3.66. The Hall–Kier alpha value is -2.77. The van der Waals surface area contributed by atoms with E-state index in [0.29, 0.717) is 12.3 Å². The molecule has 1 atom stereocenters. The summed E-state index contributed by atoms with van der Waals surface area (Å²) in [5.74, 6) is 2.01. The second kappa shape index (κ2) is 8.31. The standard InChI is InChI=1S/C22H24N4O2S/c1-23-21-15-18(24-22(25-21)17-12-13-17)14-20(16-8-4-2-5-9-16)26-29(27,28)19-10-6-3-7-11-19/h2-11,15,17,20,26H,12-14H2,1H3,(H,23,24,25)/t20-/m1/s1. The van der Waals surface area contributed by atoms with E-state index in [1.54, 1.807) is 30.3 Å². The second-order valence-corrected chi connectivity index (χ2v) is 8.94. The Bertz CT molecular complexity index is 1070. The van der Waals surface area contributed by atoms with Gasteiger partial charge in [-0.1, -0.05) is 48.5 Å². The molecule has 1 saturated carbocycles. The molecule has 3 aromatic rings. The Labute approximate surface area is 171 Å². The monoisotopic (exact) mass is 408 g/mol. The summed E-state index contributed by atoms with van der Waals surface area (Å²) in [7, 11) is -1.84. The molecule has 7 heteroatoms. The molecule has 0 amide bonds.